The minimum Gasteiger partial charge on any atom is -0.340 e. The molecule has 1 atom stereocenters. The van der Waals surface area contributed by atoms with Crippen LogP contribution in [0, 0.1) is 5.41 Å². The number of hydrogen-bond acceptors (Lipinski definition) is 5. The van der Waals surface area contributed by atoms with E-state index in [0.29, 0.717) is 45.1 Å². The lowest BCUT2D eigenvalue weighted by atomic mass is 9.75. The summed E-state index contributed by atoms with van der Waals surface area (Å²) < 4.78 is 31.5. The van der Waals surface area contributed by atoms with E-state index in [1.807, 2.05) is 18.1 Å². The first-order chi connectivity index (χ1) is 12.0. The number of halogens is 2. The van der Waals surface area contributed by atoms with Gasteiger partial charge in [-0.05, 0) is 12.5 Å². The van der Waals surface area contributed by atoms with Crippen LogP contribution < -0.4 is 4.90 Å². The summed E-state index contributed by atoms with van der Waals surface area (Å²) in [6, 6.07) is 1.74. The minimum atomic E-state index is -2.66. The molecule has 0 unspecified atom stereocenters. The first-order valence-corrected chi connectivity index (χ1v) is 8.57. The van der Waals surface area contributed by atoms with Gasteiger partial charge in [-0.2, -0.15) is 5.10 Å². The highest BCUT2D eigenvalue weighted by Gasteiger charge is 2.59. The summed E-state index contributed by atoms with van der Waals surface area (Å²) >= 11 is 0. The summed E-state index contributed by atoms with van der Waals surface area (Å²) in [5.41, 5.74) is 0.0243. The Morgan fingerprint density at radius 1 is 1.12 bits per heavy atom. The van der Waals surface area contributed by atoms with E-state index in [1.165, 1.54) is 0 Å². The third-order valence-corrected chi connectivity index (χ3v) is 5.40. The molecule has 2 aromatic heterocycles. The molecule has 4 rings (SSSR count). The monoisotopic (exact) mass is 348 g/mol. The third-order valence-electron chi connectivity index (χ3n) is 5.40. The quantitative estimate of drug-likeness (QED) is 0.849. The topological polar surface area (TPSA) is 50.1 Å². The van der Waals surface area contributed by atoms with Crippen molar-refractivity contribution < 1.29 is 8.78 Å². The largest absolute Gasteiger partial charge is 0.340 e. The van der Waals surface area contributed by atoms with Crippen LogP contribution in [0.3, 0.4) is 0 Å². The zero-order valence-corrected chi connectivity index (χ0v) is 14.3. The first kappa shape index (κ1) is 16.4. The van der Waals surface area contributed by atoms with Crippen LogP contribution in [0.25, 0.3) is 0 Å². The molecule has 8 heteroatoms. The summed E-state index contributed by atoms with van der Waals surface area (Å²) in [4.78, 5) is 12.5. The maximum Gasteiger partial charge on any atom is 0.257 e. The van der Waals surface area contributed by atoms with E-state index in [2.05, 4.69) is 20.0 Å². The van der Waals surface area contributed by atoms with Crippen molar-refractivity contribution in [3.63, 3.8) is 0 Å². The van der Waals surface area contributed by atoms with Gasteiger partial charge in [0.25, 0.3) is 5.92 Å². The average Bonchev–Trinajstić information content (AvgIpc) is 3.20. The van der Waals surface area contributed by atoms with E-state index in [-0.39, 0.29) is 6.42 Å². The number of rotatable bonds is 3. The SMILES string of the molecule is Cn1cc(CN2CCC(F)(F)[C@@]3(CCN(c4ncccn4)C3)C2)cn1. The molecule has 0 saturated carbocycles. The van der Waals surface area contributed by atoms with Gasteiger partial charge in [0.2, 0.25) is 5.95 Å². The number of aromatic nitrogens is 4. The lowest BCUT2D eigenvalue weighted by molar-refractivity contribution is -0.158. The molecular formula is C17H22F2N6. The van der Waals surface area contributed by atoms with E-state index in [1.54, 1.807) is 29.3 Å². The van der Waals surface area contributed by atoms with Gasteiger partial charge in [0.05, 0.1) is 11.6 Å². The maximum absolute atomic E-state index is 14.9. The van der Waals surface area contributed by atoms with Gasteiger partial charge in [-0.15, -0.1) is 0 Å². The molecule has 2 aliphatic heterocycles. The van der Waals surface area contributed by atoms with Crippen LogP contribution >= 0.6 is 0 Å². The number of likely N-dealkylation sites (tertiary alicyclic amines) is 1. The normalized spacial score (nSPS) is 26.4. The van der Waals surface area contributed by atoms with Crippen LogP contribution in [0.4, 0.5) is 14.7 Å². The van der Waals surface area contributed by atoms with Gasteiger partial charge >= 0.3 is 0 Å². The fourth-order valence-corrected chi connectivity index (χ4v) is 4.06. The van der Waals surface area contributed by atoms with Crippen LogP contribution in [0.5, 0.6) is 0 Å². The second-order valence-electron chi connectivity index (χ2n) is 7.19. The van der Waals surface area contributed by atoms with Crippen LogP contribution in [0.1, 0.15) is 18.4 Å². The average molecular weight is 348 g/mol. The zero-order chi connectivity index (χ0) is 17.5. The summed E-state index contributed by atoms with van der Waals surface area (Å²) in [5.74, 6) is -2.12. The van der Waals surface area contributed by atoms with E-state index >= 15 is 0 Å². The summed E-state index contributed by atoms with van der Waals surface area (Å²) in [7, 11) is 1.87. The van der Waals surface area contributed by atoms with Crippen LogP contribution in [-0.4, -0.2) is 56.7 Å². The molecule has 2 fully saturated rings. The van der Waals surface area contributed by atoms with Gasteiger partial charge in [-0.25, -0.2) is 18.7 Å². The number of nitrogens with zero attached hydrogens (tertiary/aromatic N) is 6. The molecule has 4 heterocycles. The van der Waals surface area contributed by atoms with Crippen molar-refractivity contribution in [1.82, 2.24) is 24.6 Å². The fraction of sp³-hybridized carbons (Fsp3) is 0.588. The van der Waals surface area contributed by atoms with Crippen LogP contribution in [0.15, 0.2) is 30.9 Å². The fourth-order valence-electron chi connectivity index (χ4n) is 4.06. The molecule has 0 aromatic carbocycles. The molecule has 2 aliphatic rings. The Hall–Kier alpha value is -2.09. The van der Waals surface area contributed by atoms with Crippen molar-refractivity contribution in [3.8, 4) is 0 Å². The number of hydrogen-bond donors (Lipinski definition) is 0. The zero-order valence-electron chi connectivity index (χ0n) is 14.3. The highest BCUT2D eigenvalue weighted by molar-refractivity contribution is 5.33. The van der Waals surface area contributed by atoms with Crippen molar-refractivity contribution in [2.75, 3.05) is 31.1 Å². The molecule has 0 bridgehead atoms. The molecule has 2 aromatic rings. The van der Waals surface area contributed by atoms with Crippen LogP contribution in [-0.2, 0) is 13.6 Å². The molecule has 0 amide bonds. The molecule has 134 valence electrons. The second kappa shape index (κ2) is 6.01. The molecular weight excluding hydrogens is 326 g/mol. The van der Waals surface area contributed by atoms with Gasteiger partial charge < -0.3 is 4.90 Å². The minimum absolute atomic E-state index is 0.100. The summed E-state index contributed by atoms with van der Waals surface area (Å²) in [6.45, 7) is 2.32. The van der Waals surface area contributed by atoms with Crippen LogP contribution in [0.2, 0.25) is 0 Å². The van der Waals surface area contributed by atoms with Crippen molar-refractivity contribution in [2.45, 2.75) is 25.3 Å². The van der Waals surface area contributed by atoms with Crippen molar-refractivity contribution >= 4 is 5.95 Å². The van der Waals surface area contributed by atoms with E-state index in [9.17, 15) is 8.78 Å². The lowest BCUT2D eigenvalue weighted by Gasteiger charge is -2.45. The predicted octanol–water partition coefficient (Wildman–Crippen LogP) is 1.95. The standard InChI is InChI=1S/C17H22F2N6/c1-23-10-14(9-22-23)11-24-7-4-17(18,19)16(12-24)3-8-25(13-16)15-20-5-2-6-21-15/h2,5-6,9-10H,3-4,7-8,11-13H2,1H3/t16-/m0/s1. The molecule has 1 spiro atoms. The van der Waals surface area contributed by atoms with E-state index in [0.717, 1.165) is 5.56 Å². The van der Waals surface area contributed by atoms with Crippen molar-refractivity contribution in [3.05, 3.63) is 36.4 Å². The van der Waals surface area contributed by atoms with Gasteiger partial charge in [-0.3, -0.25) is 9.58 Å². The molecule has 2 saturated heterocycles. The summed E-state index contributed by atoms with van der Waals surface area (Å²) in [5, 5.41) is 4.17. The Kier molecular flexibility index (Phi) is 3.94. The summed E-state index contributed by atoms with van der Waals surface area (Å²) in [6.07, 6.45) is 7.41. The number of alkyl halides is 2. The van der Waals surface area contributed by atoms with E-state index < -0.39 is 11.3 Å². The number of aryl methyl sites for hydroxylation is 1. The van der Waals surface area contributed by atoms with Crippen molar-refractivity contribution in [2.24, 2.45) is 12.5 Å². The number of piperidine rings is 1. The Labute approximate surface area is 145 Å². The van der Waals surface area contributed by atoms with Gasteiger partial charge in [-0.1, -0.05) is 0 Å². The predicted molar refractivity (Wildman–Crippen MR) is 89.3 cm³/mol. The molecule has 6 nitrogen and oxygen atoms in total. The highest BCUT2D eigenvalue weighted by atomic mass is 19.3. The molecule has 0 radical (unpaired) electrons. The number of anilines is 1. The Morgan fingerprint density at radius 3 is 2.64 bits per heavy atom. The van der Waals surface area contributed by atoms with Crippen molar-refractivity contribution in [1.29, 1.82) is 0 Å². The second-order valence-corrected chi connectivity index (χ2v) is 7.19. The third kappa shape index (κ3) is 2.99. The molecule has 0 N–H and O–H groups in total. The molecule has 0 aliphatic carbocycles. The van der Waals surface area contributed by atoms with Gasteiger partial charge in [0, 0.05) is 70.3 Å². The Bertz CT molecular complexity index is 734. The Morgan fingerprint density at radius 2 is 1.92 bits per heavy atom. The van der Waals surface area contributed by atoms with Gasteiger partial charge in [0.1, 0.15) is 0 Å². The highest BCUT2D eigenvalue weighted by Crippen LogP contribution is 2.50. The smallest absolute Gasteiger partial charge is 0.257 e. The van der Waals surface area contributed by atoms with Gasteiger partial charge in [0.15, 0.2) is 0 Å². The maximum atomic E-state index is 14.9. The molecule has 25 heavy (non-hydrogen) atoms. The first-order valence-electron chi connectivity index (χ1n) is 8.57. The lowest BCUT2D eigenvalue weighted by Crippen LogP contribution is -2.56. The van der Waals surface area contributed by atoms with E-state index in [4.69, 9.17) is 0 Å². The Balaban J connectivity index is 1.52.